The lowest BCUT2D eigenvalue weighted by molar-refractivity contribution is 0.632. The summed E-state index contributed by atoms with van der Waals surface area (Å²) in [7, 11) is 0. The fraction of sp³-hybridized carbons (Fsp3) is 0. The van der Waals surface area contributed by atoms with Crippen molar-refractivity contribution in [2.45, 2.75) is 0 Å². The molecule has 3 N–H and O–H groups in total. The van der Waals surface area contributed by atoms with E-state index >= 15 is 0 Å². The van der Waals surface area contributed by atoms with Gasteiger partial charge >= 0.3 is 0 Å². The average Bonchev–Trinajstić information content (AvgIpc) is 2.27. The summed E-state index contributed by atoms with van der Waals surface area (Å²) in [5.74, 6) is 0.124. The van der Waals surface area contributed by atoms with Crippen molar-refractivity contribution in [2.75, 3.05) is 11.1 Å². The van der Waals surface area contributed by atoms with E-state index in [1.54, 1.807) is 12.1 Å². The Morgan fingerprint density at radius 3 is 2.75 bits per heavy atom. The molecule has 5 heteroatoms. The number of benzene rings is 1. The van der Waals surface area contributed by atoms with Crippen LogP contribution in [0, 0.1) is 5.82 Å². The first-order valence-corrected chi connectivity index (χ1v) is 4.96. The molecule has 0 radical (unpaired) electrons. The van der Waals surface area contributed by atoms with E-state index in [1.165, 1.54) is 24.4 Å². The van der Waals surface area contributed by atoms with Crippen LogP contribution >= 0.6 is 11.6 Å². The molecular weight excluding hydrogens is 229 g/mol. The zero-order valence-corrected chi connectivity index (χ0v) is 9.00. The van der Waals surface area contributed by atoms with Gasteiger partial charge in [0.1, 0.15) is 11.6 Å². The topological polar surface area (TPSA) is 50.9 Å². The lowest BCUT2D eigenvalue weighted by atomic mass is 10.3. The van der Waals surface area contributed by atoms with Gasteiger partial charge in [0.2, 0.25) is 0 Å². The highest BCUT2D eigenvalue weighted by molar-refractivity contribution is 6.30. The fourth-order valence-corrected chi connectivity index (χ4v) is 1.38. The number of nitrogens with one attached hydrogen (secondary N) is 1. The first-order chi connectivity index (χ1) is 7.65. The molecule has 1 heterocycles. The summed E-state index contributed by atoms with van der Waals surface area (Å²) < 4.78 is 13.4. The van der Waals surface area contributed by atoms with Gasteiger partial charge in [-0.2, -0.15) is 0 Å². The fourth-order valence-electron chi connectivity index (χ4n) is 1.21. The van der Waals surface area contributed by atoms with Gasteiger partial charge in [0.25, 0.3) is 0 Å². The molecule has 0 bridgehead atoms. The standard InChI is InChI=1S/C11H9ClFN3/c12-7-1-3-9(13)10(5-7)16-11-4-2-8(14)6-15-11/h1-6H,14H2,(H,15,16). The van der Waals surface area contributed by atoms with Crippen molar-refractivity contribution < 1.29 is 4.39 Å². The van der Waals surface area contributed by atoms with E-state index in [4.69, 9.17) is 17.3 Å². The van der Waals surface area contributed by atoms with Gasteiger partial charge in [-0.05, 0) is 30.3 Å². The van der Waals surface area contributed by atoms with Gasteiger partial charge in [-0.15, -0.1) is 0 Å². The third-order valence-corrected chi connectivity index (χ3v) is 2.21. The van der Waals surface area contributed by atoms with Gasteiger partial charge in [0, 0.05) is 5.02 Å². The Hall–Kier alpha value is -1.81. The first-order valence-electron chi connectivity index (χ1n) is 4.59. The Morgan fingerprint density at radius 2 is 2.06 bits per heavy atom. The van der Waals surface area contributed by atoms with Crippen LogP contribution in [0.1, 0.15) is 0 Å². The summed E-state index contributed by atoms with van der Waals surface area (Å²) in [6.45, 7) is 0. The molecule has 0 fully saturated rings. The van der Waals surface area contributed by atoms with Gasteiger partial charge in [-0.3, -0.25) is 0 Å². The average molecular weight is 238 g/mol. The quantitative estimate of drug-likeness (QED) is 0.843. The van der Waals surface area contributed by atoms with Crippen molar-refractivity contribution in [2.24, 2.45) is 0 Å². The van der Waals surface area contributed by atoms with Crippen molar-refractivity contribution in [1.29, 1.82) is 0 Å². The highest BCUT2D eigenvalue weighted by Crippen LogP contribution is 2.22. The molecule has 1 aromatic carbocycles. The molecule has 0 spiro atoms. The molecule has 2 rings (SSSR count). The Bertz CT molecular complexity index is 499. The molecule has 0 unspecified atom stereocenters. The minimum absolute atomic E-state index is 0.282. The molecule has 0 saturated heterocycles. The van der Waals surface area contributed by atoms with Crippen molar-refractivity contribution >= 4 is 28.8 Å². The van der Waals surface area contributed by atoms with Crippen LogP contribution in [-0.2, 0) is 0 Å². The second-order valence-corrected chi connectivity index (χ2v) is 3.66. The lowest BCUT2D eigenvalue weighted by Crippen LogP contribution is -1.96. The number of nitrogens with two attached hydrogens (primary N) is 1. The van der Waals surface area contributed by atoms with Crippen LogP contribution in [-0.4, -0.2) is 4.98 Å². The van der Waals surface area contributed by atoms with Gasteiger partial charge in [0.05, 0.1) is 17.6 Å². The van der Waals surface area contributed by atoms with Crippen LogP contribution in [0.2, 0.25) is 5.02 Å². The largest absolute Gasteiger partial charge is 0.397 e. The number of hydrogen-bond donors (Lipinski definition) is 2. The Balaban J connectivity index is 2.26. The maximum absolute atomic E-state index is 13.4. The van der Waals surface area contributed by atoms with Gasteiger partial charge < -0.3 is 11.1 Å². The summed E-state index contributed by atoms with van der Waals surface area (Å²) in [6.07, 6.45) is 1.49. The summed E-state index contributed by atoms with van der Waals surface area (Å²) in [6, 6.07) is 7.61. The number of aromatic nitrogens is 1. The van der Waals surface area contributed by atoms with Crippen molar-refractivity contribution in [3.63, 3.8) is 0 Å². The molecule has 82 valence electrons. The van der Waals surface area contributed by atoms with E-state index in [2.05, 4.69) is 10.3 Å². The van der Waals surface area contributed by atoms with Crippen LogP contribution < -0.4 is 11.1 Å². The number of halogens is 2. The third-order valence-electron chi connectivity index (χ3n) is 1.98. The molecule has 0 aliphatic rings. The van der Waals surface area contributed by atoms with E-state index < -0.39 is 0 Å². The van der Waals surface area contributed by atoms with E-state index in [0.29, 0.717) is 16.5 Å². The van der Waals surface area contributed by atoms with Gasteiger partial charge in [-0.1, -0.05) is 11.6 Å². The minimum Gasteiger partial charge on any atom is -0.397 e. The number of pyridine rings is 1. The maximum Gasteiger partial charge on any atom is 0.146 e. The molecule has 2 aromatic rings. The number of rotatable bonds is 2. The highest BCUT2D eigenvalue weighted by atomic mass is 35.5. The highest BCUT2D eigenvalue weighted by Gasteiger charge is 2.03. The summed E-state index contributed by atoms with van der Waals surface area (Å²) in [4.78, 5) is 4.00. The van der Waals surface area contributed by atoms with E-state index in [9.17, 15) is 4.39 Å². The molecule has 0 saturated carbocycles. The van der Waals surface area contributed by atoms with E-state index in [0.717, 1.165) is 0 Å². The number of nitrogen functional groups attached to an aromatic ring is 1. The monoisotopic (exact) mass is 237 g/mol. The van der Waals surface area contributed by atoms with Crippen LogP contribution in [0.25, 0.3) is 0 Å². The summed E-state index contributed by atoms with van der Waals surface area (Å²) in [5, 5.41) is 3.27. The Labute approximate surface area is 97.1 Å². The first kappa shape index (κ1) is 10.7. The Morgan fingerprint density at radius 1 is 1.25 bits per heavy atom. The summed E-state index contributed by atoms with van der Waals surface area (Å²) in [5.41, 5.74) is 6.32. The van der Waals surface area contributed by atoms with E-state index in [-0.39, 0.29) is 11.5 Å². The molecule has 1 aromatic heterocycles. The van der Waals surface area contributed by atoms with Gasteiger partial charge in [-0.25, -0.2) is 9.37 Å². The molecule has 3 nitrogen and oxygen atoms in total. The maximum atomic E-state index is 13.4. The van der Waals surface area contributed by atoms with Crippen molar-refractivity contribution in [3.05, 3.63) is 47.4 Å². The molecule has 16 heavy (non-hydrogen) atoms. The third kappa shape index (κ3) is 2.41. The molecule has 0 aliphatic heterocycles. The zero-order valence-electron chi connectivity index (χ0n) is 8.24. The SMILES string of the molecule is Nc1ccc(Nc2cc(Cl)ccc2F)nc1. The number of anilines is 3. The Kier molecular flexibility index (Phi) is 2.92. The van der Waals surface area contributed by atoms with Crippen LogP contribution in [0.4, 0.5) is 21.6 Å². The normalized spacial score (nSPS) is 10.1. The number of hydrogen-bond acceptors (Lipinski definition) is 3. The van der Waals surface area contributed by atoms with Crippen molar-refractivity contribution in [1.82, 2.24) is 4.98 Å². The summed E-state index contributed by atoms with van der Waals surface area (Å²) >= 11 is 5.76. The predicted octanol–water partition coefficient (Wildman–Crippen LogP) is 3.20. The molecule has 0 atom stereocenters. The van der Waals surface area contributed by atoms with Gasteiger partial charge in [0.15, 0.2) is 0 Å². The smallest absolute Gasteiger partial charge is 0.146 e. The van der Waals surface area contributed by atoms with Crippen LogP contribution in [0.3, 0.4) is 0 Å². The second-order valence-electron chi connectivity index (χ2n) is 3.23. The minimum atomic E-state index is -0.386. The lowest BCUT2D eigenvalue weighted by Gasteiger charge is -2.07. The number of nitrogens with zero attached hydrogens (tertiary/aromatic N) is 1. The van der Waals surface area contributed by atoms with Crippen LogP contribution in [0.5, 0.6) is 0 Å². The zero-order chi connectivity index (χ0) is 11.5. The molecule has 0 aliphatic carbocycles. The second kappa shape index (κ2) is 4.37. The molecular formula is C11H9ClFN3. The van der Waals surface area contributed by atoms with Crippen molar-refractivity contribution in [3.8, 4) is 0 Å². The predicted molar refractivity (Wildman–Crippen MR) is 63.3 cm³/mol. The molecule has 0 amide bonds. The van der Waals surface area contributed by atoms with Crippen LogP contribution in [0.15, 0.2) is 36.5 Å². The van der Waals surface area contributed by atoms with E-state index in [1.807, 2.05) is 0 Å².